The van der Waals surface area contributed by atoms with Gasteiger partial charge in [-0.1, -0.05) is 30.3 Å². The number of esters is 1. The van der Waals surface area contributed by atoms with Crippen molar-refractivity contribution >= 4 is 11.9 Å². The number of aromatic nitrogens is 3. The molecular weight excluding hydrogens is 352 g/mol. The number of nitrogens with zero attached hydrogens (tertiary/aromatic N) is 4. The van der Waals surface area contributed by atoms with Gasteiger partial charge in [0, 0.05) is 43.4 Å². The van der Waals surface area contributed by atoms with Crippen LogP contribution >= 0.6 is 0 Å². The van der Waals surface area contributed by atoms with Gasteiger partial charge in [-0.15, -0.1) is 0 Å². The zero-order valence-corrected chi connectivity index (χ0v) is 15.5. The number of anilines is 1. The van der Waals surface area contributed by atoms with Crippen LogP contribution in [0.1, 0.15) is 30.1 Å². The van der Waals surface area contributed by atoms with Gasteiger partial charge in [0.1, 0.15) is 0 Å². The highest BCUT2D eigenvalue weighted by atomic mass is 16.5. The van der Waals surface area contributed by atoms with Gasteiger partial charge in [0.05, 0.1) is 5.92 Å². The molecule has 28 heavy (non-hydrogen) atoms. The largest absolute Gasteiger partial charge is 0.452 e. The molecule has 6 nitrogen and oxygen atoms in total. The van der Waals surface area contributed by atoms with Crippen LogP contribution in [0.25, 0.3) is 0 Å². The van der Waals surface area contributed by atoms with E-state index in [1.54, 1.807) is 30.9 Å². The minimum Gasteiger partial charge on any atom is -0.452 e. The van der Waals surface area contributed by atoms with E-state index in [0.717, 1.165) is 30.5 Å². The molecular formula is C22H22N4O2. The van der Waals surface area contributed by atoms with Crippen molar-refractivity contribution in [1.82, 2.24) is 15.0 Å². The summed E-state index contributed by atoms with van der Waals surface area (Å²) in [5.41, 5.74) is 1.86. The molecule has 3 aromatic rings. The van der Waals surface area contributed by atoms with Crippen LogP contribution in [0.4, 0.5) is 5.95 Å². The number of benzene rings is 1. The number of piperidine rings is 1. The minimum absolute atomic E-state index is 0.189. The summed E-state index contributed by atoms with van der Waals surface area (Å²) in [6, 6.07) is 15.4. The molecule has 0 N–H and O–H groups in total. The Morgan fingerprint density at radius 3 is 2.43 bits per heavy atom. The lowest BCUT2D eigenvalue weighted by Gasteiger charge is -2.32. The van der Waals surface area contributed by atoms with Crippen molar-refractivity contribution in [2.24, 2.45) is 5.92 Å². The minimum atomic E-state index is -0.444. The van der Waals surface area contributed by atoms with Gasteiger partial charge in [0.25, 0.3) is 0 Å². The summed E-state index contributed by atoms with van der Waals surface area (Å²) in [6.45, 7) is 1.42. The van der Waals surface area contributed by atoms with Crippen molar-refractivity contribution in [3.63, 3.8) is 0 Å². The second-order valence-electron chi connectivity index (χ2n) is 6.84. The standard InChI is InChI=1S/C22H22N4O2/c27-21(19-8-4-15-26(16-19)22-24-11-5-12-25-22)28-20(17-6-2-1-3-7-17)18-9-13-23-14-10-18/h1-3,5-7,9-14,19-20H,4,8,15-16H2/t19-,20-/m0/s1. The monoisotopic (exact) mass is 374 g/mol. The van der Waals surface area contributed by atoms with Crippen molar-refractivity contribution < 1.29 is 9.53 Å². The van der Waals surface area contributed by atoms with Gasteiger partial charge in [-0.3, -0.25) is 9.78 Å². The Balaban J connectivity index is 1.51. The predicted octanol–water partition coefficient (Wildman–Crippen LogP) is 3.42. The molecule has 1 saturated heterocycles. The number of hydrogen-bond acceptors (Lipinski definition) is 6. The van der Waals surface area contributed by atoms with Gasteiger partial charge in [-0.05, 0) is 36.6 Å². The third-order valence-electron chi connectivity index (χ3n) is 4.93. The van der Waals surface area contributed by atoms with Gasteiger partial charge in [-0.25, -0.2) is 9.97 Å². The second-order valence-corrected chi connectivity index (χ2v) is 6.84. The molecule has 0 bridgehead atoms. The Kier molecular flexibility index (Phi) is 5.56. The maximum Gasteiger partial charge on any atom is 0.311 e. The van der Waals surface area contributed by atoms with Crippen molar-refractivity contribution in [2.75, 3.05) is 18.0 Å². The van der Waals surface area contributed by atoms with E-state index in [0.29, 0.717) is 12.5 Å². The van der Waals surface area contributed by atoms with Crippen molar-refractivity contribution in [3.8, 4) is 0 Å². The number of pyridine rings is 1. The summed E-state index contributed by atoms with van der Waals surface area (Å²) in [5.74, 6) is 0.269. The average molecular weight is 374 g/mol. The molecule has 2 aromatic heterocycles. The van der Waals surface area contributed by atoms with E-state index in [4.69, 9.17) is 4.74 Å². The SMILES string of the molecule is O=C(O[C@@H](c1ccccc1)c1ccncc1)[C@H]1CCCN(c2ncccn2)C1. The first-order chi connectivity index (χ1) is 13.8. The van der Waals surface area contributed by atoms with Crippen molar-refractivity contribution in [1.29, 1.82) is 0 Å². The highest BCUT2D eigenvalue weighted by Gasteiger charge is 2.30. The Labute approximate surface area is 164 Å². The molecule has 1 fully saturated rings. The summed E-state index contributed by atoms with van der Waals surface area (Å²) >= 11 is 0. The summed E-state index contributed by atoms with van der Waals surface area (Å²) in [5, 5.41) is 0. The van der Waals surface area contributed by atoms with Gasteiger partial charge in [0.15, 0.2) is 6.10 Å². The smallest absolute Gasteiger partial charge is 0.311 e. The molecule has 0 spiro atoms. The Hall–Kier alpha value is -3.28. The predicted molar refractivity (Wildman–Crippen MR) is 106 cm³/mol. The van der Waals surface area contributed by atoms with Crippen LogP contribution in [0.15, 0.2) is 73.3 Å². The molecule has 6 heteroatoms. The first kappa shape index (κ1) is 18.1. The van der Waals surface area contributed by atoms with Crippen LogP contribution in [0.5, 0.6) is 0 Å². The van der Waals surface area contributed by atoms with E-state index in [9.17, 15) is 4.79 Å². The lowest BCUT2D eigenvalue weighted by atomic mass is 9.97. The molecule has 1 aliphatic rings. The van der Waals surface area contributed by atoms with E-state index in [1.807, 2.05) is 42.5 Å². The van der Waals surface area contributed by atoms with Crippen LogP contribution in [-0.4, -0.2) is 34.0 Å². The average Bonchev–Trinajstić information content (AvgIpc) is 2.79. The topological polar surface area (TPSA) is 68.2 Å². The molecule has 0 saturated carbocycles. The maximum atomic E-state index is 13.0. The van der Waals surface area contributed by atoms with E-state index in [2.05, 4.69) is 19.9 Å². The molecule has 0 amide bonds. The van der Waals surface area contributed by atoms with Gasteiger partial charge in [-0.2, -0.15) is 0 Å². The van der Waals surface area contributed by atoms with Crippen molar-refractivity contribution in [3.05, 3.63) is 84.4 Å². The Morgan fingerprint density at radius 1 is 0.964 bits per heavy atom. The first-order valence-corrected chi connectivity index (χ1v) is 9.48. The van der Waals surface area contributed by atoms with E-state index in [1.165, 1.54) is 0 Å². The quantitative estimate of drug-likeness (QED) is 0.638. The molecule has 3 heterocycles. The third kappa shape index (κ3) is 4.17. The number of carbonyl (C=O) groups excluding carboxylic acids is 1. The molecule has 1 aromatic carbocycles. The summed E-state index contributed by atoms with van der Waals surface area (Å²) in [4.78, 5) is 27.8. The number of rotatable bonds is 5. The fraction of sp³-hybridized carbons (Fsp3) is 0.273. The lowest BCUT2D eigenvalue weighted by molar-refractivity contribution is -0.152. The fourth-order valence-electron chi connectivity index (χ4n) is 3.51. The highest BCUT2D eigenvalue weighted by Crippen LogP contribution is 2.29. The summed E-state index contributed by atoms with van der Waals surface area (Å²) in [6.07, 6.45) is 8.14. The molecule has 0 aliphatic carbocycles. The lowest BCUT2D eigenvalue weighted by Crippen LogP contribution is -2.40. The van der Waals surface area contributed by atoms with Crippen molar-refractivity contribution in [2.45, 2.75) is 18.9 Å². The molecule has 0 unspecified atom stereocenters. The first-order valence-electron chi connectivity index (χ1n) is 9.48. The molecule has 2 atom stereocenters. The second kappa shape index (κ2) is 8.61. The van der Waals surface area contributed by atoms with E-state index >= 15 is 0 Å². The maximum absolute atomic E-state index is 13.0. The van der Waals surface area contributed by atoms with Crippen LogP contribution < -0.4 is 4.90 Å². The Morgan fingerprint density at radius 2 is 1.68 bits per heavy atom. The third-order valence-corrected chi connectivity index (χ3v) is 4.93. The molecule has 0 radical (unpaired) electrons. The molecule has 4 rings (SSSR count). The number of ether oxygens (including phenoxy) is 1. The number of carbonyl (C=O) groups is 1. The van der Waals surface area contributed by atoms with Crippen LogP contribution in [0.3, 0.4) is 0 Å². The van der Waals surface area contributed by atoms with Gasteiger partial charge >= 0.3 is 5.97 Å². The van der Waals surface area contributed by atoms with Crippen LogP contribution in [-0.2, 0) is 9.53 Å². The Bertz CT molecular complexity index is 851. The van der Waals surface area contributed by atoms with Crippen LogP contribution in [0, 0.1) is 5.92 Å². The van der Waals surface area contributed by atoms with E-state index < -0.39 is 6.10 Å². The fourth-order valence-corrected chi connectivity index (χ4v) is 3.51. The highest BCUT2D eigenvalue weighted by molar-refractivity contribution is 5.74. The molecule has 142 valence electrons. The zero-order valence-electron chi connectivity index (χ0n) is 15.5. The van der Waals surface area contributed by atoms with E-state index in [-0.39, 0.29) is 11.9 Å². The van der Waals surface area contributed by atoms with Gasteiger partial charge < -0.3 is 9.64 Å². The number of hydrogen-bond donors (Lipinski definition) is 0. The normalized spacial score (nSPS) is 17.7. The summed E-state index contributed by atoms with van der Waals surface area (Å²) < 4.78 is 6.01. The van der Waals surface area contributed by atoms with Crippen LogP contribution in [0.2, 0.25) is 0 Å². The molecule has 1 aliphatic heterocycles. The summed E-state index contributed by atoms with van der Waals surface area (Å²) in [7, 11) is 0. The zero-order chi connectivity index (χ0) is 19.2. The van der Waals surface area contributed by atoms with Gasteiger partial charge in [0.2, 0.25) is 5.95 Å².